The number of carbonyl (C=O) groups is 2. The molecule has 3 rings (SSSR count). The monoisotopic (exact) mass is 270 g/mol. The number of amides is 2. The molecule has 1 aliphatic rings. The molecule has 0 aliphatic carbocycles. The highest BCUT2D eigenvalue weighted by Gasteiger charge is 2.19. The van der Waals surface area contributed by atoms with Gasteiger partial charge in [-0.2, -0.15) is 5.10 Å². The van der Waals surface area contributed by atoms with Gasteiger partial charge in [0.25, 0.3) is 5.91 Å². The number of nitrogens with one attached hydrogen (secondary N) is 3. The Morgan fingerprint density at radius 3 is 3.05 bits per heavy atom. The summed E-state index contributed by atoms with van der Waals surface area (Å²) in [5.41, 5.74) is 4.07. The van der Waals surface area contributed by atoms with Crippen LogP contribution in [0.3, 0.4) is 0 Å². The van der Waals surface area contributed by atoms with Gasteiger partial charge in [0.1, 0.15) is 0 Å². The zero-order chi connectivity index (χ0) is 14.1. The molecule has 1 aromatic carbocycles. The number of benzene rings is 1. The Kier molecular flexibility index (Phi) is 2.98. The maximum Gasteiger partial charge on any atom is 0.251 e. The van der Waals surface area contributed by atoms with E-state index in [-0.39, 0.29) is 11.8 Å². The van der Waals surface area contributed by atoms with Gasteiger partial charge >= 0.3 is 0 Å². The van der Waals surface area contributed by atoms with Crippen LogP contribution in [-0.2, 0) is 17.8 Å². The Balaban J connectivity index is 1.70. The Morgan fingerprint density at radius 2 is 2.30 bits per heavy atom. The summed E-state index contributed by atoms with van der Waals surface area (Å²) in [7, 11) is 0. The Labute approximate surface area is 115 Å². The van der Waals surface area contributed by atoms with Gasteiger partial charge in [-0.05, 0) is 24.6 Å². The highest BCUT2D eigenvalue weighted by Crippen LogP contribution is 2.23. The van der Waals surface area contributed by atoms with Crippen LogP contribution in [0.25, 0.3) is 0 Å². The van der Waals surface area contributed by atoms with E-state index in [0.717, 1.165) is 22.5 Å². The van der Waals surface area contributed by atoms with E-state index >= 15 is 0 Å². The van der Waals surface area contributed by atoms with E-state index in [1.54, 1.807) is 18.3 Å². The number of aromatic amines is 1. The van der Waals surface area contributed by atoms with Crippen LogP contribution in [0.2, 0.25) is 0 Å². The SMILES string of the molecule is Cc1[nH]ncc1CNC(=O)c1ccc2c(c1)NC(=O)C2. The number of hydrogen-bond acceptors (Lipinski definition) is 3. The van der Waals surface area contributed by atoms with Gasteiger partial charge in [-0.1, -0.05) is 6.07 Å². The van der Waals surface area contributed by atoms with Crippen molar-refractivity contribution >= 4 is 17.5 Å². The summed E-state index contributed by atoms with van der Waals surface area (Å²) in [5.74, 6) is -0.207. The molecule has 0 saturated heterocycles. The summed E-state index contributed by atoms with van der Waals surface area (Å²) in [6.07, 6.45) is 2.07. The molecule has 0 fully saturated rings. The van der Waals surface area contributed by atoms with Crippen LogP contribution in [0.4, 0.5) is 5.69 Å². The lowest BCUT2D eigenvalue weighted by Gasteiger charge is -2.06. The minimum absolute atomic E-state index is 0.0356. The number of hydrogen-bond donors (Lipinski definition) is 3. The third-order valence-electron chi connectivity index (χ3n) is 3.37. The molecule has 0 saturated carbocycles. The molecule has 2 aromatic rings. The largest absolute Gasteiger partial charge is 0.348 e. The lowest BCUT2D eigenvalue weighted by molar-refractivity contribution is -0.115. The van der Waals surface area contributed by atoms with Gasteiger partial charge in [0.2, 0.25) is 5.91 Å². The standard InChI is InChI=1S/C14H14N4O2/c1-8-11(7-16-18-8)6-15-14(20)10-3-2-9-5-13(19)17-12(9)4-10/h2-4,7H,5-6H2,1H3,(H,15,20)(H,16,18)(H,17,19). The van der Waals surface area contributed by atoms with Crippen LogP contribution < -0.4 is 10.6 Å². The van der Waals surface area contributed by atoms with Gasteiger partial charge in [0, 0.05) is 29.1 Å². The molecular formula is C14H14N4O2. The highest BCUT2D eigenvalue weighted by atomic mass is 16.2. The lowest BCUT2D eigenvalue weighted by Crippen LogP contribution is -2.23. The van der Waals surface area contributed by atoms with Gasteiger partial charge in [-0.3, -0.25) is 14.7 Å². The molecular weight excluding hydrogens is 256 g/mol. The van der Waals surface area contributed by atoms with Gasteiger partial charge in [-0.25, -0.2) is 0 Å². The minimum atomic E-state index is -0.172. The number of H-pyrrole nitrogens is 1. The van der Waals surface area contributed by atoms with Crippen molar-refractivity contribution in [1.82, 2.24) is 15.5 Å². The normalized spacial score (nSPS) is 12.9. The van der Waals surface area contributed by atoms with Crippen molar-refractivity contribution in [2.45, 2.75) is 19.9 Å². The zero-order valence-corrected chi connectivity index (χ0v) is 11.0. The molecule has 3 N–H and O–H groups in total. The molecule has 0 atom stereocenters. The average molecular weight is 270 g/mol. The molecule has 20 heavy (non-hydrogen) atoms. The first-order valence-electron chi connectivity index (χ1n) is 6.33. The molecule has 0 unspecified atom stereocenters. The number of rotatable bonds is 3. The van der Waals surface area contributed by atoms with Crippen LogP contribution in [0.5, 0.6) is 0 Å². The highest BCUT2D eigenvalue weighted by molar-refractivity contribution is 6.02. The Hall–Kier alpha value is -2.63. The molecule has 0 spiro atoms. The fourth-order valence-electron chi connectivity index (χ4n) is 2.19. The minimum Gasteiger partial charge on any atom is -0.348 e. The number of anilines is 1. The Bertz CT molecular complexity index is 690. The molecule has 6 nitrogen and oxygen atoms in total. The Morgan fingerprint density at radius 1 is 1.45 bits per heavy atom. The van der Waals surface area contributed by atoms with Crippen LogP contribution in [-0.4, -0.2) is 22.0 Å². The second kappa shape index (κ2) is 4.80. The van der Waals surface area contributed by atoms with Crippen LogP contribution in [0.15, 0.2) is 24.4 Å². The van der Waals surface area contributed by atoms with Gasteiger partial charge in [0.05, 0.1) is 12.6 Å². The smallest absolute Gasteiger partial charge is 0.251 e. The van der Waals surface area contributed by atoms with E-state index in [2.05, 4.69) is 20.8 Å². The summed E-state index contributed by atoms with van der Waals surface area (Å²) < 4.78 is 0. The van der Waals surface area contributed by atoms with Gasteiger partial charge in [-0.15, -0.1) is 0 Å². The maximum atomic E-state index is 12.1. The number of carbonyl (C=O) groups excluding carboxylic acids is 2. The van der Waals surface area contributed by atoms with Crippen LogP contribution in [0, 0.1) is 6.92 Å². The summed E-state index contributed by atoms with van der Waals surface area (Å²) in [6.45, 7) is 2.32. The zero-order valence-electron chi connectivity index (χ0n) is 11.0. The number of aryl methyl sites for hydroxylation is 1. The summed E-state index contributed by atoms with van der Waals surface area (Å²) in [6, 6.07) is 5.25. The molecule has 2 amide bonds. The van der Waals surface area contributed by atoms with Crippen molar-refractivity contribution in [2.75, 3.05) is 5.32 Å². The first kappa shape index (κ1) is 12.4. The van der Waals surface area contributed by atoms with E-state index in [4.69, 9.17) is 0 Å². The molecule has 0 bridgehead atoms. The van der Waals surface area contributed by atoms with Crippen molar-refractivity contribution in [3.05, 3.63) is 46.8 Å². The quantitative estimate of drug-likeness (QED) is 0.781. The fourth-order valence-corrected chi connectivity index (χ4v) is 2.19. The second-order valence-electron chi connectivity index (χ2n) is 4.80. The fraction of sp³-hybridized carbons (Fsp3) is 0.214. The third kappa shape index (κ3) is 2.27. The van der Waals surface area contributed by atoms with Crippen LogP contribution in [0.1, 0.15) is 27.2 Å². The molecule has 2 heterocycles. The van der Waals surface area contributed by atoms with E-state index in [0.29, 0.717) is 18.5 Å². The first-order chi connectivity index (χ1) is 9.63. The van der Waals surface area contributed by atoms with Crippen molar-refractivity contribution in [3.63, 3.8) is 0 Å². The van der Waals surface area contributed by atoms with Crippen molar-refractivity contribution in [2.24, 2.45) is 0 Å². The maximum absolute atomic E-state index is 12.1. The molecule has 6 heteroatoms. The van der Waals surface area contributed by atoms with Gasteiger partial charge < -0.3 is 10.6 Å². The van der Waals surface area contributed by atoms with E-state index in [9.17, 15) is 9.59 Å². The van der Waals surface area contributed by atoms with Crippen LogP contribution >= 0.6 is 0 Å². The van der Waals surface area contributed by atoms with E-state index < -0.39 is 0 Å². The lowest BCUT2D eigenvalue weighted by atomic mass is 10.1. The number of aromatic nitrogens is 2. The predicted molar refractivity (Wildman–Crippen MR) is 73.3 cm³/mol. The summed E-state index contributed by atoms with van der Waals surface area (Å²) >= 11 is 0. The molecule has 1 aliphatic heterocycles. The van der Waals surface area contributed by atoms with Crippen molar-refractivity contribution in [3.8, 4) is 0 Å². The summed E-state index contributed by atoms with van der Waals surface area (Å²) in [5, 5.41) is 12.3. The topological polar surface area (TPSA) is 86.9 Å². The van der Waals surface area contributed by atoms with Crippen molar-refractivity contribution in [1.29, 1.82) is 0 Å². The second-order valence-corrected chi connectivity index (χ2v) is 4.80. The average Bonchev–Trinajstić information content (AvgIpc) is 2.99. The first-order valence-corrected chi connectivity index (χ1v) is 6.33. The van der Waals surface area contributed by atoms with E-state index in [1.165, 1.54) is 0 Å². The van der Waals surface area contributed by atoms with Gasteiger partial charge in [0.15, 0.2) is 0 Å². The predicted octanol–water partition coefficient (Wildman–Crippen LogP) is 1.14. The molecule has 102 valence electrons. The van der Waals surface area contributed by atoms with E-state index in [1.807, 2.05) is 13.0 Å². The van der Waals surface area contributed by atoms with Crippen molar-refractivity contribution < 1.29 is 9.59 Å². The third-order valence-corrected chi connectivity index (χ3v) is 3.37. The summed E-state index contributed by atoms with van der Waals surface area (Å²) in [4.78, 5) is 23.4. The molecule has 0 radical (unpaired) electrons. The number of fused-ring (bicyclic) bond motifs is 1. The molecule has 1 aromatic heterocycles. The number of nitrogens with zero attached hydrogens (tertiary/aromatic N) is 1.